The van der Waals surface area contributed by atoms with Crippen LogP contribution in [0.4, 0.5) is 0 Å². The number of ether oxygens (including phenoxy) is 1. The Morgan fingerprint density at radius 3 is 1.12 bits per heavy atom. The van der Waals surface area contributed by atoms with Crippen molar-refractivity contribution in [3.05, 3.63) is 12.2 Å². The zero-order valence-electron chi connectivity index (χ0n) is 22.9. The molecule has 0 atom stereocenters. The first kappa shape index (κ1) is 32.2. The number of unbranched alkanes of at least 4 members (excludes halogenated alkanes) is 23. The van der Waals surface area contributed by atoms with Gasteiger partial charge in [0.15, 0.2) is 0 Å². The molecule has 0 aromatic heterocycles. The van der Waals surface area contributed by atoms with E-state index in [1.165, 1.54) is 161 Å². The van der Waals surface area contributed by atoms with E-state index in [9.17, 15) is 4.79 Å². The molecule has 2 nitrogen and oxygen atoms in total. The molecule has 0 aliphatic rings. The summed E-state index contributed by atoms with van der Waals surface area (Å²) in [6, 6.07) is 0. The van der Waals surface area contributed by atoms with Crippen LogP contribution in [0.3, 0.4) is 0 Å². The van der Waals surface area contributed by atoms with Crippen molar-refractivity contribution in [2.45, 2.75) is 174 Å². The van der Waals surface area contributed by atoms with Gasteiger partial charge in [-0.2, -0.15) is 0 Å². The SMILES string of the molecule is CCCCCCCC/C=C\CCCCCCCCCCCCCCCCCCCC(=O)OC. The molecule has 0 fully saturated rings. The van der Waals surface area contributed by atoms with Crippen molar-refractivity contribution in [1.82, 2.24) is 0 Å². The molecule has 196 valence electrons. The molecule has 0 radical (unpaired) electrons. The third-order valence-electron chi connectivity index (χ3n) is 6.87. The van der Waals surface area contributed by atoms with Crippen LogP contribution in [0.5, 0.6) is 0 Å². The highest BCUT2D eigenvalue weighted by molar-refractivity contribution is 5.68. The lowest BCUT2D eigenvalue weighted by Crippen LogP contribution is -1.99. The van der Waals surface area contributed by atoms with Gasteiger partial charge >= 0.3 is 5.97 Å². The first-order valence-electron chi connectivity index (χ1n) is 15.0. The summed E-state index contributed by atoms with van der Waals surface area (Å²) in [5.41, 5.74) is 0. The van der Waals surface area contributed by atoms with Crippen molar-refractivity contribution in [3.63, 3.8) is 0 Å². The van der Waals surface area contributed by atoms with Crippen molar-refractivity contribution >= 4 is 5.97 Å². The largest absolute Gasteiger partial charge is 0.469 e. The maximum atomic E-state index is 11.0. The molecule has 0 aromatic carbocycles. The normalized spacial score (nSPS) is 11.5. The number of carbonyl (C=O) groups excluding carboxylic acids is 1. The second-order valence-corrected chi connectivity index (χ2v) is 10.2. The zero-order valence-corrected chi connectivity index (χ0v) is 22.9. The average molecular weight is 465 g/mol. The average Bonchev–Trinajstić information content (AvgIpc) is 2.83. The summed E-state index contributed by atoms with van der Waals surface area (Å²) in [4.78, 5) is 11.0. The molecule has 0 rings (SSSR count). The maximum absolute atomic E-state index is 11.0. The van der Waals surface area contributed by atoms with E-state index in [-0.39, 0.29) is 5.97 Å². The summed E-state index contributed by atoms with van der Waals surface area (Å²) in [6.45, 7) is 2.29. The van der Waals surface area contributed by atoms with Crippen molar-refractivity contribution < 1.29 is 9.53 Å². The monoisotopic (exact) mass is 464 g/mol. The maximum Gasteiger partial charge on any atom is 0.305 e. The second-order valence-electron chi connectivity index (χ2n) is 10.2. The third-order valence-corrected chi connectivity index (χ3v) is 6.87. The van der Waals surface area contributed by atoms with Crippen molar-refractivity contribution in [3.8, 4) is 0 Å². The van der Waals surface area contributed by atoms with Crippen LogP contribution >= 0.6 is 0 Å². The number of esters is 1. The van der Waals surface area contributed by atoms with Gasteiger partial charge in [0.2, 0.25) is 0 Å². The molecule has 33 heavy (non-hydrogen) atoms. The van der Waals surface area contributed by atoms with E-state index in [1.54, 1.807) is 0 Å². The minimum atomic E-state index is -0.0627. The minimum absolute atomic E-state index is 0.0627. The Balaban J connectivity index is 3.07. The summed E-state index contributed by atoms with van der Waals surface area (Å²) in [5, 5.41) is 0. The minimum Gasteiger partial charge on any atom is -0.469 e. The predicted molar refractivity (Wildman–Crippen MR) is 147 cm³/mol. The lowest BCUT2D eigenvalue weighted by Gasteiger charge is -2.04. The van der Waals surface area contributed by atoms with E-state index in [0.29, 0.717) is 6.42 Å². The third kappa shape index (κ3) is 29.2. The van der Waals surface area contributed by atoms with E-state index in [1.807, 2.05) is 0 Å². The predicted octanol–water partition coefficient (Wildman–Crippen LogP) is 10.9. The first-order valence-corrected chi connectivity index (χ1v) is 15.0. The molecule has 0 aliphatic carbocycles. The summed E-state index contributed by atoms with van der Waals surface area (Å²) < 4.78 is 4.67. The highest BCUT2D eigenvalue weighted by atomic mass is 16.5. The van der Waals surface area contributed by atoms with Crippen LogP contribution < -0.4 is 0 Å². The Morgan fingerprint density at radius 1 is 0.485 bits per heavy atom. The highest BCUT2D eigenvalue weighted by Crippen LogP contribution is 2.15. The Morgan fingerprint density at radius 2 is 0.788 bits per heavy atom. The fourth-order valence-electron chi connectivity index (χ4n) is 4.56. The fourth-order valence-corrected chi connectivity index (χ4v) is 4.56. The smallest absolute Gasteiger partial charge is 0.305 e. The van der Waals surface area contributed by atoms with Gasteiger partial charge in [0.05, 0.1) is 7.11 Å². The zero-order chi connectivity index (χ0) is 24.1. The van der Waals surface area contributed by atoms with Crippen LogP contribution in [0, 0.1) is 0 Å². The lowest BCUT2D eigenvalue weighted by molar-refractivity contribution is -0.140. The Bertz CT molecular complexity index is 402. The van der Waals surface area contributed by atoms with Crippen molar-refractivity contribution in [2.75, 3.05) is 7.11 Å². The fraction of sp³-hybridized carbons (Fsp3) is 0.903. The van der Waals surface area contributed by atoms with Gasteiger partial charge in [-0.1, -0.05) is 147 Å². The summed E-state index contributed by atoms with van der Waals surface area (Å²) in [7, 11) is 1.47. The van der Waals surface area contributed by atoms with Crippen LogP contribution in [0.15, 0.2) is 12.2 Å². The first-order chi connectivity index (χ1) is 16.3. The van der Waals surface area contributed by atoms with Crippen molar-refractivity contribution in [2.24, 2.45) is 0 Å². The summed E-state index contributed by atoms with van der Waals surface area (Å²) >= 11 is 0. The molecule has 2 heteroatoms. The molecule has 0 N–H and O–H groups in total. The van der Waals surface area contributed by atoms with Gasteiger partial charge in [0.25, 0.3) is 0 Å². The number of carbonyl (C=O) groups is 1. The molecule has 0 saturated heterocycles. The molecule has 0 aliphatic heterocycles. The molecule has 0 saturated carbocycles. The second kappa shape index (κ2) is 29.2. The molecular weight excluding hydrogens is 404 g/mol. The van der Waals surface area contributed by atoms with Crippen molar-refractivity contribution in [1.29, 1.82) is 0 Å². The topological polar surface area (TPSA) is 26.3 Å². The Labute approximate surface area is 208 Å². The van der Waals surface area contributed by atoms with Crippen LogP contribution in [-0.2, 0) is 9.53 Å². The molecule has 0 unspecified atom stereocenters. The van der Waals surface area contributed by atoms with E-state index in [4.69, 9.17) is 0 Å². The van der Waals surface area contributed by atoms with E-state index >= 15 is 0 Å². The van der Waals surface area contributed by atoms with Crippen LogP contribution in [0.2, 0.25) is 0 Å². The Hall–Kier alpha value is -0.790. The molecular formula is C31H60O2. The highest BCUT2D eigenvalue weighted by Gasteiger charge is 1.99. The summed E-state index contributed by atoms with van der Waals surface area (Å²) in [5.74, 6) is -0.0627. The quantitative estimate of drug-likeness (QED) is 0.0686. The van der Waals surface area contributed by atoms with Gasteiger partial charge in [0, 0.05) is 6.42 Å². The number of rotatable bonds is 27. The summed E-state index contributed by atoms with van der Waals surface area (Å²) in [6.07, 6.45) is 39.8. The Kier molecular flexibility index (Phi) is 28.5. The van der Waals surface area contributed by atoms with Crippen LogP contribution in [0.25, 0.3) is 0 Å². The van der Waals surface area contributed by atoms with Gasteiger partial charge in [0.1, 0.15) is 0 Å². The van der Waals surface area contributed by atoms with Gasteiger partial charge in [-0.15, -0.1) is 0 Å². The van der Waals surface area contributed by atoms with E-state index in [2.05, 4.69) is 23.8 Å². The number of allylic oxidation sites excluding steroid dienone is 2. The lowest BCUT2D eigenvalue weighted by atomic mass is 10.0. The standard InChI is InChI=1S/C31H60O2/c1-3-4-5-6-7-8-9-10-11-12-13-14-15-16-17-18-19-20-21-22-23-24-25-26-27-28-29-30-31(32)33-2/h10-11H,3-9,12-30H2,1-2H3/b11-10-. The molecule has 0 amide bonds. The van der Waals surface area contributed by atoms with E-state index in [0.717, 1.165) is 6.42 Å². The number of hydrogen-bond donors (Lipinski definition) is 0. The molecule has 0 heterocycles. The van der Waals surface area contributed by atoms with Gasteiger partial charge < -0.3 is 4.74 Å². The van der Waals surface area contributed by atoms with Gasteiger partial charge in [-0.05, 0) is 32.1 Å². The van der Waals surface area contributed by atoms with Gasteiger partial charge in [-0.25, -0.2) is 0 Å². The molecule has 0 aromatic rings. The molecule has 0 spiro atoms. The number of hydrogen-bond acceptors (Lipinski definition) is 2. The van der Waals surface area contributed by atoms with E-state index < -0.39 is 0 Å². The van der Waals surface area contributed by atoms with Crippen LogP contribution in [0.1, 0.15) is 174 Å². The number of methoxy groups -OCH3 is 1. The molecule has 0 bridgehead atoms. The van der Waals surface area contributed by atoms with Crippen LogP contribution in [-0.4, -0.2) is 13.1 Å². The van der Waals surface area contributed by atoms with Gasteiger partial charge in [-0.3, -0.25) is 4.79 Å².